The Bertz CT molecular complexity index is 1090. The SMILES string of the molecule is C/C=C/CN(Cc1ccc(OCc2ccc(P)cc2F)c(OC)c1)C(=O)c1ccccc1. The van der Waals surface area contributed by atoms with Gasteiger partial charge in [0, 0.05) is 24.2 Å². The minimum atomic E-state index is -0.313. The van der Waals surface area contributed by atoms with E-state index in [0.29, 0.717) is 35.7 Å². The zero-order chi connectivity index (χ0) is 22.9. The number of halogens is 1. The molecule has 1 unspecified atom stereocenters. The predicted molar refractivity (Wildman–Crippen MR) is 129 cm³/mol. The van der Waals surface area contributed by atoms with Gasteiger partial charge in [0.15, 0.2) is 11.5 Å². The van der Waals surface area contributed by atoms with Gasteiger partial charge in [-0.25, -0.2) is 4.39 Å². The summed E-state index contributed by atoms with van der Waals surface area (Å²) in [6.45, 7) is 2.93. The topological polar surface area (TPSA) is 38.8 Å². The molecule has 3 rings (SSSR count). The third-order valence-corrected chi connectivity index (χ3v) is 5.29. The Balaban J connectivity index is 1.76. The van der Waals surface area contributed by atoms with Crippen molar-refractivity contribution < 1.29 is 18.7 Å². The van der Waals surface area contributed by atoms with E-state index in [1.54, 1.807) is 24.1 Å². The lowest BCUT2D eigenvalue weighted by Crippen LogP contribution is -2.30. The quantitative estimate of drug-likeness (QED) is 0.334. The van der Waals surface area contributed by atoms with Crippen molar-refractivity contribution >= 4 is 20.5 Å². The first-order valence-electron chi connectivity index (χ1n) is 10.3. The fourth-order valence-corrected chi connectivity index (χ4v) is 3.44. The highest BCUT2D eigenvalue weighted by Crippen LogP contribution is 2.30. The van der Waals surface area contributed by atoms with Gasteiger partial charge in [-0.05, 0) is 48.1 Å². The molecule has 0 bridgehead atoms. The van der Waals surface area contributed by atoms with Gasteiger partial charge < -0.3 is 14.4 Å². The van der Waals surface area contributed by atoms with Crippen LogP contribution in [0.15, 0.2) is 78.9 Å². The minimum absolute atomic E-state index is 0.0454. The van der Waals surface area contributed by atoms with E-state index in [1.807, 2.05) is 67.6 Å². The van der Waals surface area contributed by atoms with Crippen LogP contribution in [0, 0.1) is 5.82 Å². The molecule has 0 aliphatic heterocycles. The molecular formula is C26H27FNO3P. The van der Waals surface area contributed by atoms with Crippen LogP contribution in [0.4, 0.5) is 4.39 Å². The molecule has 1 atom stereocenters. The fraction of sp³-hybridized carbons (Fsp3) is 0.192. The zero-order valence-electron chi connectivity index (χ0n) is 18.3. The van der Waals surface area contributed by atoms with Gasteiger partial charge in [-0.3, -0.25) is 4.79 Å². The van der Waals surface area contributed by atoms with Gasteiger partial charge in [-0.1, -0.05) is 48.6 Å². The van der Waals surface area contributed by atoms with Gasteiger partial charge in [0.25, 0.3) is 5.91 Å². The maximum Gasteiger partial charge on any atom is 0.254 e. The van der Waals surface area contributed by atoms with Gasteiger partial charge >= 0.3 is 0 Å². The van der Waals surface area contributed by atoms with Gasteiger partial charge in [-0.15, -0.1) is 9.24 Å². The van der Waals surface area contributed by atoms with Gasteiger partial charge in [-0.2, -0.15) is 0 Å². The summed E-state index contributed by atoms with van der Waals surface area (Å²) in [5.74, 6) is 0.687. The van der Waals surface area contributed by atoms with E-state index in [1.165, 1.54) is 6.07 Å². The number of hydrogen-bond donors (Lipinski definition) is 0. The Kier molecular flexibility index (Phi) is 8.41. The molecule has 6 heteroatoms. The van der Waals surface area contributed by atoms with E-state index in [0.717, 1.165) is 10.9 Å². The van der Waals surface area contributed by atoms with Crippen LogP contribution in [0.25, 0.3) is 0 Å². The average molecular weight is 451 g/mol. The van der Waals surface area contributed by atoms with Crippen molar-refractivity contribution in [2.24, 2.45) is 0 Å². The van der Waals surface area contributed by atoms with Crippen molar-refractivity contribution in [2.45, 2.75) is 20.1 Å². The average Bonchev–Trinajstić information content (AvgIpc) is 2.81. The summed E-state index contributed by atoms with van der Waals surface area (Å²) in [6.07, 6.45) is 3.87. The summed E-state index contributed by atoms with van der Waals surface area (Å²) in [5, 5.41) is 0.778. The van der Waals surface area contributed by atoms with Crippen molar-refractivity contribution in [3.05, 3.63) is 101 Å². The number of nitrogens with zero attached hydrogens (tertiary/aromatic N) is 1. The van der Waals surface area contributed by atoms with Crippen LogP contribution in [-0.4, -0.2) is 24.5 Å². The molecule has 0 heterocycles. The Morgan fingerprint density at radius 3 is 2.53 bits per heavy atom. The zero-order valence-corrected chi connectivity index (χ0v) is 19.4. The van der Waals surface area contributed by atoms with E-state index >= 15 is 0 Å². The summed E-state index contributed by atoms with van der Waals surface area (Å²) in [6, 6.07) is 19.7. The van der Waals surface area contributed by atoms with E-state index < -0.39 is 0 Å². The lowest BCUT2D eigenvalue weighted by Gasteiger charge is -2.22. The molecule has 4 nitrogen and oxygen atoms in total. The minimum Gasteiger partial charge on any atom is -0.493 e. The monoisotopic (exact) mass is 451 g/mol. The molecule has 3 aromatic rings. The molecule has 0 radical (unpaired) electrons. The molecule has 32 heavy (non-hydrogen) atoms. The smallest absolute Gasteiger partial charge is 0.254 e. The number of carbonyl (C=O) groups is 1. The third kappa shape index (κ3) is 6.18. The summed E-state index contributed by atoms with van der Waals surface area (Å²) in [7, 11) is 4.03. The largest absolute Gasteiger partial charge is 0.493 e. The molecule has 0 aliphatic rings. The molecule has 0 aliphatic carbocycles. The van der Waals surface area contributed by atoms with Crippen molar-refractivity contribution in [2.75, 3.05) is 13.7 Å². The first-order valence-corrected chi connectivity index (χ1v) is 10.9. The molecule has 0 spiro atoms. The lowest BCUT2D eigenvalue weighted by atomic mass is 10.1. The predicted octanol–water partition coefficient (Wildman–Crippen LogP) is 5.13. The number of carbonyl (C=O) groups excluding carboxylic acids is 1. The second-order valence-electron chi connectivity index (χ2n) is 7.25. The maximum atomic E-state index is 14.1. The Labute approximate surface area is 190 Å². The molecular weight excluding hydrogens is 424 g/mol. The van der Waals surface area contributed by atoms with Crippen molar-refractivity contribution in [1.82, 2.24) is 4.90 Å². The number of ether oxygens (including phenoxy) is 2. The highest BCUT2D eigenvalue weighted by atomic mass is 31.0. The standard InChI is InChI=1S/C26H27FNO3P/c1-3-4-14-28(26(29)20-8-6-5-7-9-20)17-19-10-13-24(25(15-19)30-2)31-18-21-11-12-22(32)16-23(21)27/h3-13,15-16H,14,17-18,32H2,1-2H3/b4-3+. The summed E-state index contributed by atoms with van der Waals surface area (Å²) < 4.78 is 25.4. The van der Waals surface area contributed by atoms with Crippen LogP contribution in [-0.2, 0) is 13.2 Å². The number of amides is 1. The van der Waals surface area contributed by atoms with Crippen molar-refractivity contribution in [3.8, 4) is 11.5 Å². The molecule has 3 aromatic carbocycles. The highest BCUT2D eigenvalue weighted by molar-refractivity contribution is 7.27. The van der Waals surface area contributed by atoms with Crippen LogP contribution in [0.1, 0.15) is 28.4 Å². The molecule has 0 saturated carbocycles. The molecule has 166 valence electrons. The Hall–Kier alpha value is -3.17. The van der Waals surface area contributed by atoms with Crippen LogP contribution in [0.3, 0.4) is 0 Å². The summed E-state index contributed by atoms with van der Waals surface area (Å²) >= 11 is 0. The normalized spacial score (nSPS) is 10.9. The number of methoxy groups -OCH3 is 1. The van der Waals surface area contributed by atoms with Crippen LogP contribution in [0.2, 0.25) is 0 Å². The highest BCUT2D eigenvalue weighted by Gasteiger charge is 2.16. The summed E-state index contributed by atoms with van der Waals surface area (Å²) in [4.78, 5) is 14.8. The number of allylic oxidation sites excluding steroid dienone is 1. The third-order valence-electron chi connectivity index (χ3n) is 4.93. The second kappa shape index (κ2) is 11.4. The van der Waals surface area contributed by atoms with E-state index in [-0.39, 0.29) is 18.3 Å². The Morgan fingerprint density at radius 1 is 1.06 bits per heavy atom. The second-order valence-corrected chi connectivity index (χ2v) is 7.91. The van der Waals surface area contributed by atoms with Crippen molar-refractivity contribution in [3.63, 3.8) is 0 Å². The molecule has 0 aromatic heterocycles. The number of benzene rings is 3. The van der Waals surface area contributed by atoms with E-state index in [4.69, 9.17) is 9.47 Å². The number of hydrogen-bond acceptors (Lipinski definition) is 3. The molecule has 0 N–H and O–H groups in total. The van der Waals surface area contributed by atoms with Crippen LogP contribution in [0.5, 0.6) is 11.5 Å². The molecule has 0 fully saturated rings. The van der Waals surface area contributed by atoms with Crippen LogP contribution < -0.4 is 14.8 Å². The Morgan fingerprint density at radius 2 is 1.84 bits per heavy atom. The number of rotatable bonds is 9. The molecule has 0 saturated heterocycles. The van der Waals surface area contributed by atoms with E-state index in [2.05, 4.69) is 9.24 Å². The van der Waals surface area contributed by atoms with Gasteiger partial charge in [0.05, 0.1) is 7.11 Å². The molecule has 1 amide bonds. The van der Waals surface area contributed by atoms with Crippen LogP contribution >= 0.6 is 9.24 Å². The maximum absolute atomic E-state index is 14.1. The lowest BCUT2D eigenvalue weighted by molar-refractivity contribution is 0.0762. The first kappa shape index (κ1) is 23.5. The first-order chi connectivity index (χ1) is 15.5. The fourth-order valence-electron chi connectivity index (χ4n) is 3.20. The van der Waals surface area contributed by atoms with Gasteiger partial charge in [0.1, 0.15) is 12.4 Å². The van der Waals surface area contributed by atoms with Crippen molar-refractivity contribution in [1.29, 1.82) is 0 Å². The summed E-state index contributed by atoms with van der Waals surface area (Å²) in [5.41, 5.74) is 2.01. The van der Waals surface area contributed by atoms with E-state index in [9.17, 15) is 9.18 Å². The van der Waals surface area contributed by atoms with Gasteiger partial charge in [0.2, 0.25) is 0 Å².